The van der Waals surface area contributed by atoms with E-state index in [0.29, 0.717) is 18.5 Å². The normalized spacial score (nSPS) is 18.3. The second-order valence-corrected chi connectivity index (χ2v) is 6.26. The molecule has 0 radical (unpaired) electrons. The van der Waals surface area contributed by atoms with Crippen LogP contribution in [-0.2, 0) is 23.9 Å². The first kappa shape index (κ1) is 17.5. The lowest BCUT2D eigenvalue weighted by molar-refractivity contribution is -0.137. The molecule has 0 fully saturated rings. The lowest BCUT2D eigenvalue weighted by Gasteiger charge is -2.27. The van der Waals surface area contributed by atoms with Crippen molar-refractivity contribution in [2.24, 2.45) is 0 Å². The monoisotopic (exact) mass is 348 g/mol. The summed E-state index contributed by atoms with van der Waals surface area (Å²) < 4.78 is 37.9. The highest BCUT2D eigenvalue weighted by Gasteiger charge is 2.30. The Morgan fingerprint density at radius 2 is 1.76 bits per heavy atom. The van der Waals surface area contributed by atoms with Gasteiger partial charge >= 0.3 is 6.18 Å². The molecule has 2 atom stereocenters. The maximum Gasteiger partial charge on any atom is 0.416 e. The fraction of sp³-hybridized carbons (Fsp3) is 0.316. The highest BCUT2D eigenvalue weighted by atomic mass is 19.4. The van der Waals surface area contributed by atoms with E-state index in [1.165, 1.54) is 17.7 Å². The number of fused-ring (bicyclic) bond motifs is 1. The van der Waals surface area contributed by atoms with Gasteiger partial charge in [0.15, 0.2) is 0 Å². The number of amides is 1. The maximum atomic E-state index is 12.6. The first-order valence-corrected chi connectivity index (χ1v) is 8.12. The van der Waals surface area contributed by atoms with Crippen molar-refractivity contribution in [3.8, 4) is 0 Å². The lowest BCUT2D eigenvalue weighted by atomic mass is 9.95. The van der Waals surface area contributed by atoms with Gasteiger partial charge in [-0.2, -0.15) is 13.2 Å². The van der Waals surface area contributed by atoms with E-state index >= 15 is 0 Å². The number of nitrogens with one attached hydrogen (secondary N) is 2. The smallest absolute Gasteiger partial charge is 0.348 e. The number of hydrogen-bond donors (Lipinski definition) is 2. The molecule has 1 aliphatic heterocycles. The average Bonchev–Trinajstić information content (AvgIpc) is 2.60. The van der Waals surface area contributed by atoms with Gasteiger partial charge in [-0.3, -0.25) is 4.79 Å². The first-order chi connectivity index (χ1) is 11.8. The SMILES string of the molecule is CC(NC(=O)C1Cc2ccccc2CN1)c1ccc(C(F)(F)F)cc1. The number of benzene rings is 2. The van der Waals surface area contributed by atoms with Crippen LogP contribution in [-0.4, -0.2) is 11.9 Å². The molecule has 3 nitrogen and oxygen atoms in total. The molecule has 0 aromatic heterocycles. The molecule has 0 saturated heterocycles. The lowest BCUT2D eigenvalue weighted by Crippen LogP contribution is -2.48. The van der Waals surface area contributed by atoms with Crippen molar-refractivity contribution in [3.63, 3.8) is 0 Å². The molecule has 0 bridgehead atoms. The predicted molar refractivity (Wildman–Crippen MR) is 88.8 cm³/mol. The molecule has 25 heavy (non-hydrogen) atoms. The van der Waals surface area contributed by atoms with Crippen LogP contribution in [0.25, 0.3) is 0 Å². The van der Waals surface area contributed by atoms with E-state index in [4.69, 9.17) is 0 Å². The van der Waals surface area contributed by atoms with Crippen molar-refractivity contribution in [1.82, 2.24) is 10.6 Å². The van der Waals surface area contributed by atoms with Gasteiger partial charge in [0.2, 0.25) is 5.91 Å². The third-order valence-electron chi connectivity index (χ3n) is 4.49. The minimum absolute atomic E-state index is 0.151. The summed E-state index contributed by atoms with van der Waals surface area (Å²) in [6, 6.07) is 12.1. The van der Waals surface area contributed by atoms with Crippen molar-refractivity contribution >= 4 is 5.91 Å². The Hall–Kier alpha value is -2.34. The molecule has 6 heteroatoms. The van der Waals surface area contributed by atoms with Gasteiger partial charge in [-0.15, -0.1) is 0 Å². The zero-order chi connectivity index (χ0) is 18.0. The number of rotatable bonds is 3. The predicted octanol–water partition coefficient (Wildman–Crippen LogP) is 3.60. The Morgan fingerprint density at radius 1 is 1.12 bits per heavy atom. The maximum absolute atomic E-state index is 12.6. The molecular formula is C19H19F3N2O. The molecule has 3 rings (SSSR count). The Morgan fingerprint density at radius 3 is 2.40 bits per heavy atom. The number of carbonyl (C=O) groups is 1. The van der Waals surface area contributed by atoms with E-state index in [-0.39, 0.29) is 18.0 Å². The highest BCUT2D eigenvalue weighted by molar-refractivity contribution is 5.82. The zero-order valence-electron chi connectivity index (χ0n) is 13.7. The van der Waals surface area contributed by atoms with Crippen LogP contribution in [0, 0.1) is 0 Å². The van der Waals surface area contributed by atoms with Crippen LogP contribution in [0.15, 0.2) is 48.5 Å². The van der Waals surface area contributed by atoms with Gasteiger partial charge in [0.25, 0.3) is 0 Å². The van der Waals surface area contributed by atoms with E-state index in [2.05, 4.69) is 10.6 Å². The molecule has 1 amide bonds. The molecule has 2 aromatic carbocycles. The zero-order valence-corrected chi connectivity index (χ0v) is 13.7. The number of halogens is 3. The fourth-order valence-electron chi connectivity index (χ4n) is 3.00. The van der Waals surface area contributed by atoms with Gasteiger partial charge in [0.05, 0.1) is 17.6 Å². The largest absolute Gasteiger partial charge is 0.416 e. The number of carbonyl (C=O) groups excluding carboxylic acids is 1. The van der Waals surface area contributed by atoms with Crippen LogP contribution in [0.4, 0.5) is 13.2 Å². The third kappa shape index (κ3) is 4.02. The molecule has 1 aliphatic rings. The molecule has 1 heterocycles. The van der Waals surface area contributed by atoms with Gasteiger partial charge in [0, 0.05) is 6.54 Å². The molecule has 132 valence electrons. The quantitative estimate of drug-likeness (QED) is 0.890. The van der Waals surface area contributed by atoms with Crippen molar-refractivity contribution in [1.29, 1.82) is 0 Å². The van der Waals surface area contributed by atoms with Gasteiger partial charge < -0.3 is 10.6 Å². The topological polar surface area (TPSA) is 41.1 Å². The Labute approximate surface area is 144 Å². The third-order valence-corrected chi connectivity index (χ3v) is 4.49. The molecular weight excluding hydrogens is 329 g/mol. The average molecular weight is 348 g/mol. The summed E-state index contributed by atoms with van der Waals surface area (Å²) in [6.45, 7) is 2.39. The summed E-state index contributed by atoms with van der Waals surface area (Å²) >= 11 is 0. The van der Waals surface area contributed by atoms with Crippen LogP contribution < -0.4 is 10.6 Å². The van der Waals surface area contributed by atoms with E-state index in [1.54, 1.807) is 6.92 Å². The van der Waals surface area contributed by atoms with Gasteiger partial charge in [0.1, 0.15) is 0 Å². The number of hydrogen-bond acceptors (Lipinski definition) is 2. The van der Waals surface area contributed by atoms with Crippen LogP contribution >= 0.6 is 0 Å². The Kier molecular flexibility index (Phi) is 4.81. The van der Waals surface area contributed by atoms with Crippen LogP contribution in [0.2, 0.25) is 0 Å². The second kappa shape index (κ2) is 6.88. The summed E-state index contributed by atoms with van der Waals surface area (Å²) in [4.78, 5) is 12.5. The Balaban J connectivity index is 1.63. The van der Waals surface area contributed by atoms with Gasteiger partial charge in [-0.1, -0.05) is 36.4 Å². The second-order valence-electron chi connectivity index (χ2n) is 6.26. The summed E-state index contributed by atoms with van der Waals surface area (Å²) in [5, 5.41) is 6.07. The van der Waals surface area contributed by atoms with Crippen LogP contribution in [0.1, 0.15) is 35.2 Å². The van der Waals surface area contributed by atoms with E-state index in [0.717, 1.165) is 17.7 Å². The molecule has 0 saturated carbocycles. The number of alkyl halides is 3. The summed E-state index contributed by atoms with van der Waals surface area (Å²) in [6.07, 6.45) is -3.76. The van der Waals surface area contributed by atoms with Gasteiger partial charge in [-0.25, -0.2) is 0 Å². The van der Waals surface area contributed by atoms with Crippen LogP contribution in [0.5, 0.6) is 0 Å². The van der Waals surface area contributed by atoms with Crippen molar-refractivity contribution in [3.05, 3.63) is 70.8 Å². The minimum atomic E-state index is -4.36. The van der Waals surface area contributed by atoms with Gasteiger partial charge in [-0.05, 0) is 42.2 Å². The molecule has 2 unspecified atom stereocenters. The van der Waals surface area contributed by atoms with Crippen molar-refractivity contribution < 1.29 is 18.0 Å². The first-order valence-electron chi connectivity index (χ1n) is 8.12. The fourth-order valence-corrected chi connectivity index (χ4v) is 3.00. The van der Waals surface area contributed by atoms with Crippen molar-refractivity contribution in [2.45, 2.75) is 38.1 Å². The van der Waals surface area contributed by atoms with E-state index in [1.807, 2.05) is 24.3 Å². The Bertz CT molecular complexity index is 756. The highest BCUT2D eigenvalue weighted by Crippen LogP contribution is 2.30. The summed E-state index contributed by atoms with van der Waals surface area (Å²) in [5.74, 6) is -0.151. The minimum Gasteiger partial charge on any atom is -0.348 e. The summed E-state index contributed by atoms with van der Waals surface area (Å²) in [5.41, 5.74) is 2.27. The molecule has 2 aromatic rings. The standard InChI is InChI=1S/C19H19F3N2O/c1-12(13-6-8-16(9-7-13)19(20,21)22)24-18(25)17-10-14-4-2-3-5-15(14)11-23-17/h2-9,12,17,23H,10-11H2,1H3,(H,24,25). The van der Waals surface area contributed by atoms with Crippen LogP contribution in [0.3, 0.4) is 0 Å². The van der Waals surface area contributed by atoms with E-state index in [9.17, 15) is 18.0 Å². The van der Waals surface area contributed by atoms with Crippen molar-refractivity contribution in [2.75, 3.05) is 0 Å². The van der Waals surface area contributed by atoms with E-state index < -0.39 is 11.7 Å². The summed E-state index contributed by atoms with van der Waals surface area (Å²) in [7, 11) is 0. The molecule has 0 aliphatic carbocycles. The molecule has 2 N–H and O–H groups in total. The molecule has 0 spiro atoms.